The van der Waals surface area contributed by atoms with Crippen molar-refractivity contribution in [2.24, 2.45) is 5.73 Å². The van der Waals surface area contributed by atoms with Crippen LogP contribution in [0.4, 0.5) is 0 Å². The Morgan fingerprint density at radius 3 is 2.11 bits per heavy atom. The Kier molecular flexibility index (Phi) is 2.89. The average molecular weight is 235 g/mol. The van der Waals surface area contributed by atoms with Gasteiger partial charge in [0, 0.05) is 11.6 Å². The lowest BCUT2D eigenvalue weighted by molar-refractivity contribution is 0.799. The Bertz CT molecular complexity index is 555. The molecule has 0 radical (unpaired) electrons. The first-order valence-electron chi connectivity index (χ1n) is 6.45. The molecule has 2 aromatic carbocycles. The Morgan fingerprint density at radius 1 is 0.833 bits per heavy atom. The summed E-state index contributed by atoms with van der Waals surface area (Å²) >= 11 is 0. The Morgan fingerprint density at radius 2 is 1.44 bits per heavy atom. The van der Waals surface area contributed by atoms with Crippen LogP contribution in [0.3, 0.4) is 0 Å². The summed E-state index contributed by atoms with van der Waals surface area (Å²) in [5.41, 5.74) is 11.2. The number of hydrogen-bond acceptors (Lipinski definition) is 1. The van der Waals surface area contributed by atoms with Crippen LogP contribution in [-0.4, -0.2) is 0 Å². The highest BCUT2D eigenvalue weighted by Crippen LogP contribution is 2.43. The average Bonchev–Trinajstić information content (AvgIpc) is 2.83. The Labute approximate surface area is 108 Å². The van der Waals surface area contributed by atoms with Gasteiger partial charge < -0.3 is 5.73 Å². The maximum Gasteiger partial charge on any atom is 0.0126 e. The summed E-state index contributed by atoms with van der Waals surface area (Å²) in [6, 6.07) is 21.2. The zero-order chi connectivity index (χ0) is 12.4. The van der Waals surface area contributed by atoms with Crippen molar-refractivity contribution in [3.8, 4) is 0 Å². The highest BCUT2D eigenvalue weighted by atomic mass is 14.6. The molecule has 1 unspecified atom stereocenters. The number of allylic oxidation sites excluding steroid dienone is 2. The van der Waals surface area contributed by atoms with E-state index in [9.17, 15) is 0 Å². The van der Waals surface area contributed by atoms with Crippen LogP contribution in [0.5, 0.6) is 0 Å². The molecule has 0 saturated heterocycles. The summed E-state index contributed by atoms with van der Waals surface area (Å²) in [4.78, 5) is 0. The van der Waals surface area contributed by atoms with Gasteiger partial charge in [-0.1, -0.05) is 60.7 Å². The van der Waals surface area contributed by atoms with Crippen LogP contribution in [-0.2, 0) is 0 Å². The van der Waals surface area contributed by atoms with E-state index in [0.717, 1.165) is 18.5 Å². The van der Waals surface area contributed by atoms with Crippen LogP contribution in [0.25, 0.3) is 5.57 Å². The Hall–Kier alpha value is -2.02. The van der Waals surface area contributed by atoms with Crippen LogP contribution < -0.4 is 5.73 Å². The summed E-state index contributed by atoms with van der Waals surface area (Å²) in [6.45, 7) is 0. The van der Waals surface area contributed by atoms with E-state index in [4.69, 9.17) is 5.73 Å². The molecule has 1 nitrogen and oxygen atoms in total. The number of benzene rings is 2. The molecule has 2 N–H and O–H groups in total. The van der Waals surface area contributed by atoms with Crippen molar-refractivity contribution in [3.63, 3.8) is 0 Å². The maximum absolute atomic E-state index is 6.22. The molecule has 0 fully saturated rings. The molecule has 0 amide bonds. The molecule has 18 heavy (non-hydrogen) atoms. The molecule has 0 saturated carbocycles. The highest BCUT2D eigenvalue weighted by Gasteiger charge is 2.26. The van der Waals surface area contributed by atoms with E-state index in [1.807, 2.05) is 6.07 Å². The molecular formula is C17H17N. The summed E-state index contributed by atoms with van der Waals surface area (Å²) in [5, 5.41) is 0. The molecule has 0 spiro atoms. The van der Waals surface area contributed by atoms with Gasteiger partial charge in [0.15, 0.2) is 0 Å². The molecule has 0 bridgehead atoms. The minimum absolute atomic E-state index is 0.452. The molecule has 1 heteroatoms. The molecule has 2 aromatic rings. The molecular weight excluding hydrogens is 218 g/mol. The van der Waals surface area contributed by atoms with E-state index in [1.165, 1.54) is 16.7 Å². The second kappa shape index (κ2) is 4.69. The third kappa shape index (κ3) is 1.92. The van der Waals surface area contributed by atoms with Crippen LogP contribution >= 0.6 is 0 Å². The topological polar surface area (TPSA) is 26.0 Å². The van der Waals surface area contributed by atoms with Crippen LogP contribution in [0, 0.1) is 0 Å². The summed E-state index contributed by atoms with van der Waals surface area (Å²) in [7, 11) is 0. The van der Waals surface area contributed by atoms with Gasteiger partial charge in [-0.05, 0) is 29.5 Å². The Balaban J connectivity index is 2.03. The molecule has 90 valence electrons. The first kappa shape index (κ1) is 11.1. The van der Waals surface area contributed by atoms with Crippen molar-refractivity contribution in [2.75, 3.05) is 0 Å². The first-order chi connectivity index (χ1) is 8.86. The predicted molar refractivity (Wildman–Crippen MR) is 76.0 cm³/mol. The summed E-state index contributed by atoms with van der Waals surface area (Å²) in [5.74, 6) is 0.452. The van der Waals surface area contributed by atoms with Gasteiger partial charge in [0.2, 0.25) is 0 Å². The molecule has 1 atom stereocenters. The van der Waals surface area contributed by atoms with Crippen molar-refractivity contribution in [3.05, 3.63) is 77.5 Å². The van der Waals surface area contributed by atoms with Gasteiger partial charge in [0.25, 0.3) is 0 Å². The van der Waals surface area contributed by atoms with E-state index in [2.05, 4.69) is 54.6 Å². The van der Waals surface area contributed by atoms with Crippen LogP contribution in [0.1, 0.15) is 29.9 Å². The molecule has 0 heterocycles. The first-order valence-corrected chi connectivity index (χ1v) is 6.45. The maximum atomic E-state index is 6.22. The third-order valence-electron chi connectivity index (χ3n) is 3.68. The van der Waals surface area contributed by atoms with Gasteiger partial charge in [-0.3, -0.25) is 0 Å². The fourth-order valence-electron chi connectivity index (χ4n) is 2.83. The largest absolute Gasteiger partial charge is 0.402 e. The van der Waals surface area contributed by atoms with E-state index in [1.54, 1.807) is 0 Å². The van der Waals surface area contributed by atoms with E-state index in [-0.39, 0.29) is 0 Å². The van der Waals surface area contributed by atoms with E-state index < -0.39 is 0 Å². The fraction of sp³-hybridized carbons (Fsp3) is 0.176. The lowest BCUT2D eigenvalue weighted by atomic mass is 9.88. The lowest BCUT2D eigenvalue weighted by Crippen LogP contribution is -2.00. The van der Waals surface area contributed by atoms with Gasteiger partial charge in [-0.25, -0.2) is 0 Å². The molecule has 3 rings (SSSR count). The van der Waals surface area contributed by atoms with E-state index >= 15 is 0 Å². The van der Waals surface area contributed by atoms with Crippen molar-refractivity contribution in [1.82, 2.24) is 0 Å². The standard InChI is InChI=1S/C17H17N/c18-16-12-11-15(13-7-3-1-4-8-13)17(16)14-9-5-2-6-10-14/h1-10,15H,11-12,18H2. The lowest BCUT2D eigenvalue weighted by Gasteiger charge is -2.16. The quantitative estimate of drug-likeness (QED) is 0.838. The van der Waals surface area contributed by atoms with Crippen molar-refractivity contribution in [1.29, 1.82) is 0 Å². The fourth-order valence-corrected chi connectivity index (χ4v) is 2.83. The SMILES string of the molecule is NC1=C(c2ccccc2)C(c2ccccc2)CC1. The molecule has 1 aliphatic rings. The second-order valence-electron chi connectivity index (χ2n) is 4.81. The zero-order valence-electron chi connectivity index (χ0n) is 10.3. The van der Waals surface area contributed by atoms with Gasteiger partial charge >= 0.3 is 0 Å². The number of nitrogens with two attached hydrogens (primary N) is 1. The van der Waals surface area contributed by atoms with Crippen molar-refractivity contribution < 1.29 is 0 Å². The van der Waals surface area contributed by atoms with Gasteiger partial charge in [0.05, 0.1) is 0 Å². The summed E-state index contributed by atoms with van der Waals surface area (Å²) < 4.78 is 0. The molecule has 0 aromatic heterocycles. The van der Waals surface area contributed by atoms with Gasteiger partial charge in [-0.15, -0.1) is 0 Å². The smallest absolute Gasteiger partial charge is 0.0126 e. The van der Waals surface area contributed by atoms with Gasteiger partial charge in [0.1, 0.15) is 0 Å². The van der Waals surface area contributed by atoms with Crippen LogP contribution in [0.15, 0.2) is 66.4 Å². The molecule has 1 aliphatic carbocycles. The number of rotatable bonds is 2. The highest BCUT2D eigenvalue weighted by molar-refractivity contribution is 5.75. The van der Waals surface area contributed by atoms with Crippen molar-refractivity contribution >= 4 is 5.57 Å². The normalized spacial score (nSPS) is 19.2. The number of hydrogen-bond donors (Lipinski definition) is 1. The second-order valence-corrected chi connectivity index (χ2v) is 4.81. The molecule has 0 aliphatic heterocycles. The predicted octanol–water partition coefficient (Wildman–Crippen LogP) is 3.93. The van der Waals surface area contributed by atoms with Crippen LogP contribution in [0.2, 0.25) is 0 Å². The zero-order valence-corrected chi connectivity index (χ0v) is 10.3. The monoisotopic (exact) mass is 235 g/mol. The minimum atomic E-state index is 0.452. The van der Waals surface area contributed by atoms with E-state index in [0.29, 0.717) is 5.92 Å². The minimum Gasteiger partial charge on any atom is -0.402 e. The van der Waals surface area contributed by atoms with Crippen molar-refractivity contribution in [2.45, 2.75) is 18.8 Å². The van der Waals surface area contributed by atoms with Gasteiger partial charge in [-0.2, -0.15) is 0 Å². The third-order valence-corrected chi connectivity index (χ3v) is 3.68. The summed E-state index contributed by atoms with van der Waals surface area (Å²) in [6.07, 6.45) is 2.13.